The first-order valence-corrected chi connectivity index (χ1v) is 8.82. The zero-order valence-electron chi connectivity index (χ0n) is 14.2. The molecular weight excluding hydrogens is 328 g/mol. The summed E-state index contributed by atoms with van der Waals surface area (Å²) in [6, 6.07) is 15.8. The summed E-state index contributed by atoms with van der Waals surface area (Å²) in [6.45, 7) is 0. The molecule has 130 valence electrons. The molecule has 26 heavy (non-hydrogen) atoms. The maximum atomic E-state index is 10.1. The fourth-order valence-electron chi connectivity index (χ4n) is 4.98. The van der Waals surface area contributed by atoms with E-state index in [1.165, 1.54) is 0 Å². The van der Waals surface area contributed by atoms with Gasteiger partial charge in [0, 0.05) is 12.8 Å². The fraction of sp³-hybridized carbons (Fsp3) is 0.500. The molecule has 2 saturated heterocycles. The zero-order valence-corrected chi connectivity index (χ0v) is 14.2. The van der Waals surface area contributed by atoms with Crippen molar-refractivity contribution in [1.82, 2.24) is 0 Å². The molecule has 6 nitrogen and oxygen atoms in total. The van der Waals surface area contributed by atoms with Crippen LogP contribution in [0.15, 0.2) is 30.3 Å². The minimum Gasteiger partial charge on any atom is -0.447 e. The third-order valence-electron chi connectivity index (χ3n) is 6.19. The molecule has 0 radical (unpaired) electrons. The number of ether oxygens (including phenoxy) is 2. The van der Waals surface area contributed by atoms with Gasteiger partial charge in [0.1, 0.15) is 6.10 Å². The van der Waals surface area contributed by atoms with Gasteiger partial charge in [-0.05, 0) is 18.4 Å². The van der Waals surface area contributed by atoms with E-state index in [4.69, 9.17) is 14.9 Å². The predicted molar refractivity (Wildman–Crippen MR) is 90.2 cm³/mol. The smallest absolute Gasteiger partial charge is 0.217 e. The normalized spacial score (nSPS) is 36.7. The number of rotatable bonds is 2. The molecule has 0 spiro atoms. The Morgan fingerprint density at radius 1 is 1.08 bits per heavy atom. The molecule has 0 aromatic heterocycles. The highest BCUT2D eigenvalue weighted by Gasteiger charge is 2.80. The summed E-state index contributed by atoms with van der Waals surface area (Å²) in [5, 5.41) is 38.7. The van der Waals surface area contributed by atoms with E-state index in [1.807, 2.05) is 30.3 Å². The summed E-state index contributed by atoms with van der Waals surface area (Å²) in [5.74, 6) is -1.82. The van der Waals surface area contributed by atoms with Gasteiger partial charge in [-0.25, -0.2) is 0 Å². The average Bonchev–Trinajstić information content (AvgIpc) is 2.88. The van der Waals surface area contributed by atoms with Crippen molar-refractivity contribution >= 4 is 5.90 Å². The van der Waals surface area contributed by atoms with Crippen LogP contribution in [-0.4, -0.2) is 17.8 Å². The summed E-state index contributed by atoms with van der Waals surface area (Å²) in [5.41, 5.74) is -2.46. The molecule has 1 aliphatic carbocycles. The van der Waals surface area contributed by atoms with Crippen molar-refractivity contribution in [2.45, 2.75) is 44.0 Å². The largest absolute Gasteiger partial charge is 0.447 e. The molecule has 0 amide bonds. The first kappa shape index (κ1) is 16.6. The van der Waals surface area contributed by atoms with E-state index >= 15 is 0 Å². The van der Waals surface area contributed by atoms with Crippen LogP contribution in [0.3, 0.4) is 0 Å². The second kappa shape index (κ2) is 5.56. The Kier molecular flexibility index (Phi) is 3.55. The topological polar surface area (TPSA) is 114 Å². The van der Waals surface area contributed by atoms with Gasteiger partial charge < -0.3 is 9.47 Å². The van der Waals surface area contributed by atoms with E-state index in [0.717, 1.165) is 18.4 Å². The SMILES string of the molecule is N#CC1(C#N)[C@@H](Cc2ccccc2)O[C@@]23CCCC[C@H]2[C@]1(C#N)C(=N)O3. The summed E-state index contributed by atoms with van der Waals surface area (Å²) in [4.78, 5) is 0. The van der Waals surface area contributed by atoms with Crippen molar-refractivity contribution < 1.29 is 9.47 Å². The maximum absolute atomic E-state index is 10.1. The van der Waals surface area contributed by atoms with Gasteiger partial charge in [0.25, 0.3) is 0 Å². The maximum Gasteiger partial charge on any atom is 0.217 e. The molecule has 1 aromatic rings. The predicted octanol–water partition coefficient (Wildman–Crippen LogP) is 3.07. The lowest BCUT2D eigenvalue weighted by Crippen LogP contribution is -2.63. The molecule has 3 aliphatic rings. The Morgan fingerprint density at radius 3 is 2.46 bits per heavy atom. The zero-order chi connectivity index (χ0) is 18.4. The number of nitrogens with one attached hydrogen (secondary N) is 1. The lowest BCUT2D eigenvalue weighted by molar-refractivity contribution is -0.291. The molecule has 2 heterocycles. The van der Waals surface area contributed by atoms with E-state index in [2.05, 4.69) is 18.2 Å². The molecule has 0 unspecified atom stereocenters. The highest BCUT2D eigenvalue weighted by atomic mass is 16.7. The van der Waals surface area contributed by atoms with Crippen molar-refractivity contribution in [3.05, 3.63) is 35.9 Å². The van der Waals surface area contributed by atoms with E-state index in [1.54, 1.807) is 0 Å². The van der Waals surface area contributed by atoms with Gasteiger partial charge in [-0.15, -0.1) is 0 Å². The summed E-state index contributed by atoms with van der Waals surface area (Å²) in [7, 11) is 0. The number of nitrogens with zero attached hydrogens (tertiary/aromatic N) is 3. The molecule has 2 bridgehead atoms. The van der Waals surface area contributed by atoms with Crippen LogP contribution in [0.5, 0.6) is 0 Å². The number of benzene rings is 1. The van der Waals surface area contributed by atoms with Crippen LogP contribution in [0.4, 0.5) is 0 Å². The van der Waals surface area contributed by atoms with Crippen LogP contribution in [-0.2, 0) is 15.9 Å². The van der Waals surface area contributed by atoms with Crippen LogP contribution in [0, 0.1) is 56.2 Å². The Balaban J connectivity index is 1.89. The van der Waals surface area contributed by atoms with Crippen LogP contribution in [0.2, 0.25) is 0 Å². The number of nitriles is 3. The lowest BCUT2D eigenvalue weighted by atomic mass is 9.51. The van der Waals surface area contributed by atoms with E-state index in [9.17, 15) is 15.8 Å². The highest BCUT2D eigenvalue weighted by Crippen LogP contribution is 2.66. The van der Waals surface area contributed by atoms with Crippen molar-refractivity contribution in [3.63, 3.8) is 0 Å². The lowest BCUT2D eigenvalue weighted by Gasteiger charge is -2.51. The van der Waals surface area contributed by atoms with Gasteiger partial charge in [0.2, 0.25) is 11.7 Å². The highest BCUT2D eigenvalue weighted by molar-refractivity contribution is 5.89. The van der Waals surface area contributed by atoms with Crippen LogP contribution in [0.25, 0.3) is 0 Å². The van der Waals surface area contributed by atoms with Gasteiger partial charge in [0.05, 0.1) is 24.1 Å². The van der Waals surface area contributed by atoms with Gasteiger partial charge in [-0.1, -0.05) is 36.8 Å². The van der Waals surface area contributed by atoms with E-state index in [-0.39, 0.29) is 5.90 Å². The molecule has 6 heteroatoms. The Morgan fingerprint density at radius 2 is 1.81 bits per heavy atom. The van der Waals surface area contributed by atoms with Crippen molar-refractivity contribution in [2.24, 2.45) is 16.7 Å². The Hall–Kier alpha value is -2.88. The summed E-state index contributed by atoms with van der Waals surface area (Å²) >= 11 is 0. The third-order valence-corrected chi connectivity index (χ3v) is 6.19. The molecular formula is C20H18N4O2. The monoisotopic (exact) mass is 346 g/mol. The van der Waals surface area contributed by atoms with E-state index < -0.39 is 28.6 Å². The molecule has 4 atom stereocenters. The molecule has 2 aliphatic heterocycles. The second-order valence-corrected chi connectivity index (χ2v) is 7.29. The molecule has 1 saturated carbocycles. The van der Waals surface area contributed by atoms with Crippen LogP contribution in [0.1, 0.15) is 31.2 Å². The molecule has 1 aromatic carbocycles. The Labute approximate surface area is 152 Å². The van der Waals surface area contributed by atoms with Crippen molar-refractivity contribution in [2.75, 3.05) is 0 Å². The van der Waals surface area contributed by atoms with Gasteiger partial charge in [-0.2, -0.15) is 15.8 Å². The van der Waals surface area contributed by atoms with Crippen molar-refractivity contribution in [1.29, 1.82) is 21.2 Å². The summed E-state index contributed by atoms with van der Waals surface area (Å²) in [6.07, 6.45) is 2.40. The third kappa shape index (κ3) is 1.79. The molecule has 4 rings (SSSR count). The van der Waals surface area contributed by atoms with E-state index in [0.29, 0.717) is 19.3 Å². The quantitative estimate of drug-likeness (QED) is 0.884. The van der Waals surface area contributed by atoms with Gasteiger partial charge in [0.15, 0.2) is 10.8 Å². The molecule has 1 N–H and O–H groups in total. The van der Waals surface area contributed by atoms with Gasteiger partial charge >= 0.3 is 0 Å². The van der Waals surface area contributed by atoms with Gasteiger partial charge in [-0.3, -0.25) is 5.41 Å². The summed E-state index contributed by atoms with van der Waals surface area (Å²) < 4.78 is 12.1. The fourth-order valence-corrected chi connectivity index (χ4v) is 4.98. The minimum absolute atomic E-state index is 0.287. The average molecular weight is 346 g/mol. The molecule has 3 fully saturated rings. The van der Waals surface area contributed by atoms with Crippen LogP contribution < -0.4 is 0 Å². The van der Waals surface area contributed by atoms with Crippen molar-refractivity contribution in [3.8, 4) is 18.2 Å². The first-order valence-electron chi connectivity index (χ1n) is 8.82. The minimum atomic E-state index is -1.78. The second-order valence-electron chi connectivity index (χ2n) is 7.29. The van der Waals surface area contributed by atoms with Crippen LogP contribution >= 0.6 is 0 Å². The number of hydrogen-bond acceptors (Lipinski definition) is 6. The first-order chi connectivity index (χ1) is 12.6. The standard InChI is InChI=1S/C20H18N4O2/c21-11-18(12-22)16(10-14-6-2-1-3-7-14)25-20-9-5-4-8-15(20)19(18,13-23)17(24)26-20/h1-3,6-7,15-16,24H,4-5,8-10H2/t15-,16+,19+,20+/m0/s1. The Bertz CT molecular complexity index is 864. The number of hydrogen-bond donors (Lipinski definition) is 1.